The minimum atomic E-state index is 0.678. The van der Waals surface area contributed by atoms with Crippen LogP contribution in [0.15, 0.2) is 121 Å². The van der Waals surface area contributed by atoms with Gasteiger partial charge in [-0.1, -0.05) is 259 Å². The van der Waals surface area contributed by atoms with Gasteiger partial charge >= 0.3 is 0 Å². The van der Waals surface area contributed by atoms with E-state index in [9.17, 15) is 0 Å². The van der Waals surface area contributed by atoms with Crippen LogP contribution in [0, 0.1) is 13.8 Å². The van der Waals surface area contributed by atoms with E-state index in [1.54, 1.807) is 0 Å². The smallest absolute Gasteiger partial charge is 0.179 e. The summed E-state index contributed by atoms with van der Waals surface area (Å²) in [4.78, 5) is 21.7. The molecule has 80 heavy (non-hydrogen) atoms. The Morgan fingerprint density at radius 2 is 0.775 bits per heavy atom. The third kappa shape index (κ3) is 17.4. The van der Waals surface area contributed by atoms with Crippen LogP contribution in [-0.2, 0) is 25.7 Å². The van der Waals surface area contributed by atoms with Gasteiger partial charge < -0.3 is 0 Å². The van der Waals surface area contributed by atoms with Crippen LogP contribution in [0.2, 0.25) is 0 Å². The molecule has 0 aliphatic carbocycles. The number of fused-ring (bicyclic) bond motifs is 3. The van der Waals surface area contributed by atoms with Crippen LogP contribution in [0.4, 0.5) is 0 Å². The average molecular weight is 1070 g/mol. The molecule has 0 aliphatic heterocycles. The van der Waals surface area contributed by atoms with Gasteiger partial charge in [-0.05, 0) is 146 Å². The summed E-state index contributed by atoms with van der Waals surface area (Å²) in [7, 11) is 0. The summed E-state index contributed by atoms with van der Waals surface area (Å²) in [6.07, 6.45) is 41.0. The van der Waals surface area contributed by atoms with E-state index >= 15 is 0 Å². The molecule has 0 fully saturated rings. The Bertz CT molecular complexity index is 3180. The van der Waals surface area contributed by atoms with Gasteiger partial charge in [-0.3, -0.25) is 4.98 Å². The van der Waals surface area contributed by atoms with Gasteiger partial charge in [0.05, 0.1) is 22.4 Å². The molecule has 0 aliphatic rings. The molecule has 4 nitrogen and oxygen atoms in total. The fourth-order valence-electron chi connectivity index (χ4n) is 11.9. The van der Waals surface area contributed by atoms with Crippen LogP contribution < -0.4 is 0 Å². The van der Waals surface area contributed by atoms with Crippen molar-refractivity contribution in [2.75, 3.05) is 0 Å². The lowest BCUT2D eigenvalue weighted by molar-refractivity contribution is 0.605. The zero-order valence-corrected chi connectivity index (χ0v) is 50.3. The molecule has 0 bridgehead atoms. The Balaban J connectivity index is 1.29. The van der Waals surface area contributed by atoms with E-state index in [0.29, 0.717) is 5.82 Å². The predicted octanol–water partition coefficient (Wildman–Crippen LogP) is 22.6. The first-order valence-electron chi connectivity index (χ1n) is 32.0. The lowest BCUT2D eigenvalue weighted by atomic mass is 9.87. The first-order chi connectivity index (χ1) is 39.3. The summed E-state index contributed by atoms with van der Waals surface area (Å²) >= 11 is 0. The third-order valence-corrected chi connectivity index (χ3v) is 16.8. The number of hydrogen-bond donors (Lipinski definition) is 0. The first-order valence-corrected chi connectivity index (χ1v) is 32.0. The van der Waals surface area contributed by atoms with Crippen molar-refractivity contribution in [3.8, 4) is 45.2 Å². The Labute approximate surface area is 483 Å². The fraction of sp³-hybridized carbons (Fsp3) is 0.447. The molecule has 3 aromatic heterocycles. The maximum absolute atomic E-state index is 5.71. The first kappa shape index (κ1) is 59.9. The Morgan fingerprint density at radius 1 is 0.350 bits per heavy atom. The van der Waals surface area contributed by atoms with Gasteiger partial charge in [0.2, 0.25) is 0 Å². The van der Waals surface area contributed by atoms with Crippen molar-refractivity contribution in [3.63, 3.8) is 0 Å². The van der Waals surface area contributed by atoms with Crippen molar-refractivity contribution in [3.05, 3.63) is 166 Å². The Kier molecular flexibility index (Phi) is 24.1. The molecular weight excluding hydrogens is 969 g/mol. The molecule has 8 aromatic rings. The van der Waals surface area contributed by atoms with E-state index in [2.05, 4.69) is 163 Å². The van der Waals surface area contributed by atoms with E-state index in [-0.39, 0.29) is 0 Å². The molecule has 0 amide bonds. The Hall–Kier alpha value is -6.26. The number of unbranched alkanes of at least 4 members (excludes halogenated alkanes) is 20. The molecule has 0 atom stereocenters. The van der Waals surface area contributed by atoms with Crippen molar-refractivity contribution in [1.29, 1.82) is 0 Å². The van der Waals surface area contributed by atoms with Gasteiger partial charge in [0.15, 0.2) is 5.82 Å². The Morgan fingerprint density at radius 3 is 1.31 bits per heavy atom. The summed E-state index contributed by atoms with van der Waals surface area (Å²) < 4.78 is 0. The number of aryl methyl sites for hydroxylation is 6. The minimum Gasteiger partial charge on any atom is -0.254 e. The molecule has 0 saturated carbocycles. The monoisotopic (exact) mass is 1060 g/mol. The number of aromatic nitrogens is 4. The largest absolute Gasteiger partial charge is 0.254 e. The highest BCUT2D eigenvalue weighted by atomic mass is 14.9. The second-order valence-corrected chi connectivity index (χ2v) is 23.4. The van der Waals surface area contributed by atoms with Crippen LogP contribution in [-0.4, -0.2) is 19.9 Å². The van der Waals surface area contributed by atoms with Crippen LogP contribution in [0.1, 0.15) is 226 Å². The molecule has 4 heteroatoms. The van der Waals surface area contributed by atoms with Crippen molar-refractivity contribution >= 4 is 34.0 Å². The third-order valence-electron chi connectivity index (χ3n) is 16.8. The zero-order valence-electron chi connectivity index (χ0n) is 50.3. The van der Waals surface area contributed by atoms with E-state index in [4.69, 9.17) is 19.9 Å². The van der Waals surface area contributed by atoms with Gasteiger partial charge in [-0.2, -0.15) is 0 Å². The standard InChI is InChI=1S/C76H96N4/c1-7-11-15-19-23-27-32-64-53-69(65(52-58(64)6)33-28-24-20-16-12-8-2)72-56-73(80-76(79-72)71-50-49-63-48-47-62-36-31-51-77-74(62)75(63)78-71)70-55-66(34-29-25-21-17-13-9-3)68(54-67(70)35-30-26-22-18-14-10-4)61-45-43-60(44-46-61)42-41-59-39-37-57(5)38-40-59/h31,36-56H,7-30,32-35H2,1-6H3/b42-41+. The molecule has 0 radical (unpaired) electrons. The van der Waals surface area contributed by atoms with Crippen molar-refractivity contribution in [2.24, 2.45) is 0 Å². The van der Waals surface area contributed by atoms with Crippen LogP contribution >= 0.6 is 0 Å². The quantitative estimate of drug-likeness (QED) is 0.0229. The summed E-state index contributed by atoms with van der Waals surface area (Å²) in [5.74, 6) is 0.678. The average Bonchev–Trinajstić information content (AvgIpc) is 3.58. The lowest BCUT2D eigenvalue weighted by Gasteiger charge is -2.20. The fourth-order valence-corrected chi connectivity index (χ4v) is 11.9. The highest BCUT2D eigenvalue weighted by Gasteiger charge is 2.21. The summed E-state index contributed by atoms with van der Waals surface area (Å²) in [5, 5.41) is 2.16. The van der Waals surface area contributed by atoms with Gasteiger partial charge in [0.25, 0.3) is 0 Å². The molecule has 0 unspecified atom stereocenters. The molecule has 3 heterocycles. The maximum atomic E-state index is 5.71. The number of rotatable bonds is 34. The van der Waals surface area contributed by atoms with E-state index in [1.165, 1.54) is 214 Å². The zero-order chi connectivity index (χ0) is 55.7. The second kappa shape index (κ2) is 32.3. The van der Waals surface area contributed by atoms with Gasteiger partial charge in [0, 0.05) is 28.1 Å². The number of nitrogens with zero attached hydrogens (tertiary/aromatic N) is 4. The molecule has 5 aromatic carbocycles. The van der Waals surface area contributed by atoms with E-state index < -0.39 is 0 Å². The molecule has 0 spiro atoms. The highest BCUT2D eigenvalue weighted by molar-refractivity contribution is 6.03. The van der Waals surface area contributed by atoms with E-state index in [0.717, 1.165) is 71.0 Å². The van der Waals surface area contributed by atoms with Gasteiger partial charge in [-0.25, -0.2) is 15.0 Å². The second-order valence-electron chi connectivity index (χ2n) is 23.4. The van der Waals surface area contributed by atoms with Crippen LogP contribution in [0.5, 0.6) is 0 Å². The van der Waals surface area contributed by atoms with Crippen molar-refractivity contribution < 1.29 is 0 Å². The minimum absolute atomic E-state index is 0.678. The highest BCUT2D eigenvalue weighted by Crippen LogP contribution is 2.38. The molecule has 420 valence electrons. The van der Waals surface area contributed by atoms with Crippen molar-refractivity contribution in [1.82, 2.24) is 19.9 Å². The van der Waals surface area contributed by atoms with Gasteiger partial charge in [-0.15, -0.1) is 0 Å². The predicted molar refractivity (Wildman–Crippen MR) is 348 cm³/mol. The van der Waals surface area contributed by atoms with Crippen LogP contribution in [0.25, 0.3) is 79.1 Å². The van der Waals surface area contributed by atoms with Crippen molar-refractivity contribution in [2.45, 2.75) is 221 Å². The number of hydrogen-bond acceptors (Lipinski definition) is 4. The molecule has 0 saturated heterocycles. The van der Waals surface area contributed by atoms with Crippen LogP contribution in [0.3, 0.4) is 0 Å². The normalized spacial score (nSPS) is 11.7. The maximum Gasteiger partial charge on any atom is 0.179 e. The SMILES string of the molecule is CCCCCCCCc1cc(-c2cc(-c3cc(CCCCCCCC)c(-c4ccc(/C=C/c5ccc(C)cc5)cc4)cc3CCCCCCCC)nc(-c3ccc4ccc5cccnc5c4n3)n2)c(CCCCCCCC)cc1C. The lowest BCUT2D eigenvalue weighted by Crippen LogP contribution is -2.04. The van der Waals surface area contributed by atoms with Gasteiger partial charge in [0.1, 0.15) is 5.69 Å². The topological polar surface area (TPSA) is 51.6 Å². The molecule has 8 rings (SSSR count). The number of pyridine rings is 2. The summed E-state index contributed by atoms with van der Waals surface area (Å²) in [6.45, 7) is 13.7. The molecule has 0 N–H and O–H groups in total. The summed E-state index contributed by atoms with van der Waals surface area (Å²) in [6, 6.07) is 43.5. The summed E-state index contributed by atoms with van der Waals surface area (Å²) in [5.41, 5.74) is 20.5. The van der Waals surface area contributed by atoms with E-state index in [1.807, 2.05) is 12.3 Å². The molecular formula is C76H96N4. The number of benzene rings is 5.